The summed E-state index contributed by atoms with van der Waals surface area (Å²) in [5, 5.41) is 9.26. The maximum absolute atomic E-state index is 9.26. The van der Waals surface area contributed by atoms with Gasteiger partial charge in [-0.25, -0.2) is 0 Å². The third-order valence-corrected chi connectivity index (χ3v) is 3.54. The van der Waals surface area contributed by atoms with Crippen LogP contribution in [0.3, 0.4) is 0 Å². The Morgan fingerprint density at radius 1 is 1.47 bits per heavy atom. The Morgan fingerprint density at radius 3 is 2.87 bits per heavy atom. The standard InChI is InChI=1S/C12H17BrOS/c1-15-6-5-11(9-14)7-10-3-2-4-12(13)8-10/h2-4,8,11,14H,5-7,9H2,1H3. The van der Waals surface area contributed by atoms with Gasteiger partial charge in [-0.15, -0.1) is 0 Å². The molecule has 0 aliphatic rings. The van der Waals surface area contributed by atoms with Gasteiger partial charge >= 0.3 is 0 Å². The summed E-state index contributed by atoms with van der Waals surface area (Å²) >= 11 is 5.30. The normalized spacial score (nSPS) is 12.7. The Morgan fingerprint density at radius 2 is 2.27 bits per heavy atom. The van der Waals surface area contributed by atoms with Crippen LogP contribution in [0.1, 0.15) is 12.0 Å². The zero-order valence-corrected chi connectivity index (χ0v) is 11.4. The summed E-state index contributed by atoms with van der Waals surface area (Å²) in [7, 11) is 0. The van der Waals surface area contributed by atoms with E-state index in [4.69, 9.17) is 0 Å². The molecule has 15 heavy (non-hydrogen) atoms. The summed E-state index contributed by atoms with van der Waals surface area (Å²) in [6, 6.07) is 8.32. The van der Waals surface area contributed by atoms with Crippen molar-refractivity contribution in [2.75, 3.05) is 18.6 Å². The van der Waals surface area contributed by atoms with Gasteiger partial charge in [-0.1, -0.05) is 28.1 Å². The lowest BCUT2D eigenvalue weighted by atomic mass is 9.98. The molecule has 1 aromatic rings. The van der Waals surface area contributed by atoms with Crippen LogP contribution in [0.25, 0.3) is 0 Å². The molecular weight excluding hydrogens is 272 g/mol. The van der Waals surface area contributed by atoms with Crippen molar-refractivity contribution in [2.45, 2.75) is 12.8 Å². The van der Waals surface area contributed by atoms with Crippen molar-refractivity contribution >= 4 is 27.7 Å². The molecule has 1 unspecified atom stereocenters. The van der Waals surface area contributed by atoms with Crippen LogP contribution in [0.15, 0.2) is 28.7 Å². The predicted octanol–water partition coefficient (Wildman–Crippen LogP) is 3.35. The summed E-state index contributed by atoms with van der Waals surface area (Å²) in [5.41, 5.74) is 1.30. The first-order valence-electron chi connectivity index (χ1n) is 5.10. The SMILES string of the molecule is CSCCC(CO)Cc1cccc(Br)c1. The number of hydrogen-bond donors (Lipinski definition) is 1. The molecule has 0 saturated carbocycles. The van der Waals surface area contributed by atoms with Crippen LogP contribution in [-0.2, 0) is 6.42 Å². The number of thioether (sulfide) groups is 1. The Labute approximate surface area is 104 Å². The minimum absolute atomic E-state index is 0.285. The molecule has 0 aliphatic carbocycles. The number of rotatable bonds is 6. The average Bonchev–Trinajstić information content (AvgIpc) is 2.24. The fourth-order valence-electron chi connectivity index (χ4n) is 1.54. The highest BCUT2D eigenvalue weighted by Crippen LogP contribution is 2.17. The highest BCUT2D eigenvalue weighted by atomic mass is 79.9. The Bertz CT molecular complexity index is 291. The lowest BCUT2D eigenvalue weighted by Gasteiger charge is -2.13. The molecule has 0 amide bonds. The van der Waals surface area contributed by atoms with Crippen molar-refractivity contribution in [2.24, 2.45) is 5.92 Å². The van der Waals surface area contributed by atoms with Gasteiger partial charge in [-0.2, -0.15) is 11.8 Å². The van der Waals surface area contributed by atoms with E-state index in [0.717, 1.165) is 23.1 Å². The predicted molar refractivity (Wildman–Crippen MR) is 71.4 cm³/mol. The van der Waals surface area contributed by atoms with Gasteiger partial charge in [0.2, 0.25) is 0 Å². The largest absolute Gasteiger partial charge is 0.396 e. The van der Waals surface area contributed by atoms with Crippen molar-refractivity contribution in [3.8, 4) is 0 Å². The number of aliphatic hydroxyl groups is 1. The molecule has 0 aliphatic heterocycles. The zero-order chi connectivity index (χ0) is 11.1. The minimum Gasteiger partial charge on any atom is -0.396 e. The molecule has 0 aromatic heterocycles. The maximum atomic E-state index is 9.26. The quantitative estimate of drug-likeness (QED) is 0.866. The van der Waals surface area contributed by atoms with Gasteiger partial charge in [0.1, 0.15) is 0 Å². The van der Waals surface area contributed by atoms with Crippen LogP contribution in [0.4, 0.5) is 0 Å². The molecule has 3 heteroatoms. The van der Waals surface area contributed by atoms with Crippen molar-refractivity contribution in [1.29, 1.82) is 0 Å². The summed E-state index contributed by atoms with van der Waals surface area (Å²) in [5.74, 6) is 1.52. The molecule has 0 fully saturated rings. The Balaban J connectivity index is 2.50. The van der Waals surface area contributed by atoms with Gasteiger partial charge in [0, 0.05) is 11.1 Å². The summed E-state index contributed by atoms with van der Waals surface area (Å²) in [4.78, 5) is 0. The Kier molecular flexibility index (Phi) is 6.37. The summed E-state index contributed by atoms with van der Waals surface area (Å²) in [6.45, 7) is 0.285. The van der Waals surface area contributed by atoms with Crippen molar-refractivity contribution in [1.82, 2.24) is 0 Å². The number of halogens is 1. The number of aliphatic hydroxyl groups excluding tert-OH is 1. The molecule has 1 N–H and O–H groups in total. The zero-order valence-electron chi connectivity index (χ0n) is 8.95. The van der Waals surface area contributed by atoms with E-state index in [9.17, 15) is 5.11 Å². The van der Waals surface area contributed by atoms with E-state index in [-0.39, 0.29) is 6.61 Å². The smallest absolute Gasteiger partial charge is 0.0462 e. The van der Waals surface area contributed by atoms with Crippen LogP contribution in [0.5, 0.6) is 0 Å². The highest BCUT2D eigenvalue weighted by Gasteiger charge is 2.08. The van der Waals surface area contributed by atoms with Crippen LogP contribution < -0.4 is 0 Å². The van der Waals surface area contributed by atoms with Crippen LogP contribution in [-0.4, -0.2) is 23.7 Å². The fourth-order valence-corrected chi connectivity index (χ4v) is 2.56. The van der Waals surface area contributed by atoms with Crippen molar-refractivity contribution in [3.05, 3.63) is 34.3 Å². The molecule has 0 saturated heterocycles. The summed E-state index contributed by atoms with van der Waals surface area (Å²) in [6.07, 6.45) is 4.16. The van der Waals surface area contributed by atoms with E-state index in [0.29, 0.717) is 5.92 Å². The van der Waals surface area contributed by atoms with Gasteiger partial charge in [0.15, 0.2) is 0 Å². The first-order valence-corrected chi connectivity index (χ1v) is 7.29. The molecule has 0 heterocycles. The molecular formula is C12H17BrOS. The molecule has 0 spiro atoms. The molecule has 84 valence electrons. The monoisotopic (exact) mass is 288 g/mol. The summed E-state index contributed by atoms with van der Waals surface area (Å²) < 4.78 is 1.11. The van der Waals surface area contributed by atoms with E-state index < -0.39 is 0 Å². The maximum Gasteiger partial charge on any atom is 0.0462 e. The first kappa shape index (κ1) is 13.1. The second-order valence-electron chi connectivity index (χ2n) is 3.66. The van der Waals surface area contributed by atoms with Crippen LogP contribution >= 0.6 is 27.7 Å². The molecule has 1 aromatic carbocycles. The highest BCUT2D eigenvalue weighted by molar-refractivity contribution is 9.10. The fraction of sp³-hybridized carbons (Fsp3) is 0.500. The topological polar surface area (TPSA) is 20.2 Å². The van der Waals surface area contributed by atoms with Crippen molar-refractivity contribution in [3.63, 3.8) is 0 Å². The third kappa shape index (κ3) is 5.05. The van der Waals surface area contributed by atoms with Gasteiger partial charge in [0.05, 0.1) is 0 Å². The van der Waals surface area contributed by atoms with E-state index in [2.05, 4.69) is 34.3 Å². The lowest BCUT2D eigenvalue weighted by molar-refractivity contribution is 0.223. The van der Waals surface area contributed by atoms with Gasteiger partial charge in [-0.3, -0.25) is 0 Å². The van der Waals surface area contributed by atoms with Crippen LogP contribution in [0.2, 0.25) is 0 Å². The average molecular weight is 289 g/mol. The Hall–Kier alpha value is 0.01000. The molecule has 0 bridgehead atoms. The van der Waals surface area contributed by atoms with Crippen molar-refractivity contribution < 1.29 is 5.11 Å². The number of benzene rings is 1. The van der Waals surface area contributed by atoms with E-state index in [1.54, 1.807) is 0 Å². The van der Waals surface area contributed by atoms with Gasteiger partial charge in [-0.05, 0) is 48.5 Å². The van der Waals surface area contributed by atoms with Gasteiger partial charge < -0.3 is 5.11 Å². The molecule has 1 rings (SSSR count). The van der Waals surface area contributed by atoms with E-state index in [1.807, 2.05) is 23.9 Å². The molecule has 1 atom stereocenters. The second kappa shape index (κ2) is 7.31. The van der Waals surface area contributed by atoms with Crippen LogP contribution in [0, 0.1) is 5.92 Å². The first-order chi connectivity index (χ1) is 7.26. The van der Waals surface area contributed by atoms with Gasteiger partial charge in [0.25, 0.3) is 0 Å². The minimum atomic E-state index is 0.285. The molecule has 1 nitrogen and oxygen atoms in total. The molecule has 0 radical (unpaired) electrons. The lowest BCUT2D eigenvalue weighted by Crippen LogP contribution is -2.10. The van der Waals surface area contributed by atoms with E-state index in [1.165, 1.54) is 5.56 Å². The number of hydrogen-bond acceptors (Lipinski definition) is 2. The third-order valence-electron chi connectivity index (χ3n) is 2.40. The van der Waals surface area contributed by atoms with E-state index >= 15 is 0 Å². The second-order valence-corrected chi connectivity index (χ2v) is 5.57.